The zero-order valence-electron chi connectivity index (χ0n) is 12.4. The van der Waals surface area contributed by atoms with Gasteiger partial charge in [0.05, 0.1) is 19.3 Å². The standard InChI is InChI=1S/C16H25NO2/c1-12-5-6-13(2)14(9-12)15(18)10-17-7-8-19-11-16(17,3)4/h5-6,9,15,18H,7-8,10-11H2,1-4H3. The first-order valence-corrected chi connectivity index (χ1v) is 6.98. The first kappa shape index (κ1) is 14.5. The Kier molecular flexibility index (Phi) is 4.29. The summed E-state index contributed by atoms with van der Waals surface area (Å²) in [7, 11) is 0. The number of rotatable bonds is 3. The van der Waals surface area contributed by atoms with Crippen LogP contribution in [-0.4, -0.2) is 41.8 Å². The maximum absolute atomic E-state index is 10.5. The van der Waals surface area contributed by atoms with E-state index in [2.05, 4.69) is 50.8 Å². The number of aliphatic hydroxyl groups is 1. The SMILES string of the molecule is Cc1ccc(C)c(C(O)CN2CCOCC2(C)C)c1. The van der Waals surface area contributed by atoms with Crippen molar-refractivity contribution in [1.82, 2.24) is 4.90 Å². The molecule has 1 aliphatic rings. The van der Waals surface area contributed by atoms with Crippen LogP contribution in [0.2, 0.25) is 0 Å². The van der Waals surface area contributed by atoms with Crippen LogP contribution in [0, 0.1) is 13.8 Å². The number of β-amino-alcohol motifs (C(OH)–C–C–N with tert-alkyl or cyclic N) is 1. The minimum atomic E-state index is -0.433. The average Bonchev–Trinajstić information content (AvgIpc) is 2.34. The summed E-state index contributed by atoms with van der Waals surface area (Å²) in [5.74, 6) is 0. The zero-order chi connectivity index (χ0) is 14.0. The molecule has 0 aromatic heterocycles. The molecule has 19 heavy (non-hydrogen) atoms. The molecule has 1 aliphatic heterocycles. The lowest BCUT2D eigenvalue weighted by Gasteiger charge is -2.43. The van der Waals surface area contributed by atoms with Gasteiger partial charge in [-0.3, -0.25) is 4.90 Å². The number of nitrogens with zero attached hydrogens (tertiary/aromatic N) is 1. The molecule has 106 valence electrons. The maximum atomic E-state index is 10.5. The van der Waals surface area contributed by atoms with E-state index < -0.39 is 6.10 Å². The predicted molar refractivity (Wildman–Crippen MR) is 77.3 cm³/mol. The van der Waals surface area contributed by atoms with Gasteiger partial charge >= 0.3 is 0 Å². The summed E-state index contributed by atoms with van der Waals surface area (Å²) < 4.78 is 5.52. The highest BCUT2D eigenvalue weighted by Crippen LogP contribution is 2.25. The highest BCUT2D eigenvalue weighted by Gasteiger charge is 2.32. The fourth-order valence-electron chi connectivity index (χ4n) is 2.66. The number of benzene rings is 1. The fraction of sp³-hybridized carbons (Fsp3) is 0.625. The second-order valence-electron chi connectivity index (χ2n) is 6.19. The van der Waals surface area contributed by atoms with Crippen LogP contribution < -0.4 is 0 Å². The van der Waals surface area contributed by atoms with Gasteiger partial charge in [-0.1, -0.05) is 23.8 Å². The second kappa shape index (κ2) is 5.61. The zero-order valence-corrected chi connectivity index (χ0v) is 12.4. The Morgan fingerprint density at radius 3 is 2.79 bits per heavy atom. The van der Waals surface area contributed by atoms with E-state index in [0.717, 1.165) is 30.9 Å². The number of aliphatic hydroxyl groups excluding tert-OH is 1. The molecule has 0 amide bonds. The third-order valence-electron chi connectivity index (χ3n) is 4.00. The van der Waals surface area contributed by atoms with Gasteiger partial charge < -0.3 is 9.84 Å². The van der Waals surface area contributed by atoms with Crippen molar-refractivity contribution in [3.05, 3.63) is 34.9 Å². The fourth-order valence-corrected chi connectivity index (χ4v) is 2.66. The smallest absolute Gasteiger partial charge is 0.0919 e. The van der Waals surface area contributed by atoms with E-state index in [1.807, 2.05) is 0 Å². The Labute approximate surface area is 116 Å². The Hall–Kier alpha value is -0.900. The van der Waals surface area contributed by atoms with E-state index >= 15 is 0 Å². The van der Waals surface area contributed by atoms with Crippen LogP contribution in [-0.2, 0) is 4.74 Å². The van der Waals surface area contributed by atoms with Gasteiger partial charge in [-0.05, 0) is 38.8 Å². The lowest BCUT2D eigenvalue weighted by Crippen LogP contribution is -2.54. The van der Waals surface area contributed by atoms with E-state index in [4.69, 9.17) is 4.74 Å². The molecule has 0 radical (unpaired) electrons. The van der Waals surface area contributed by atoms with Gasteiger partial charge in [0.15, 0.2) is 0 Å². The molecule has 0 saturated carbocycles. The van der Waals surface area contributed by atoms with E-state index in [0.29, 0.717) is 6.54 Å². The first-order chi connectivity index (χ1) is 8.90. The van der Waals surface area contributed by atoms with Crippen LogP contribution in [0.1, 0.15) is 36.6 Å². The van der Waals surface area contributed by atoms with Crippen LogP contribution in [0.3, 0.4) is 0 Å². The molecule has 3 nitrogen and oxygen atoms in total. The highest BCUT2D eigenvalue weighted by atomic mass is 16.5. The quantitative estimate of drug-likeness (QED) is 0.909. The first-order valence-electron chi connectivity index (χ1n) is 6.98. The Morgan fingerprint density at radius 1 is 1.37 bits per heavy atom. The number of hydrogen-bond donors (Lipinski definition) is 1. The van der Waals surface area contributed by atoms with E-state index in [1.54, 1.807) is 0 Å². The van der Waals surface area contributed by atoms with Gasteiger partial charge in [0.2, 0.25) is 0 Å². The van der Waals surface area contributed by atoms with Gasteiger partial charge in [-0.15, -0.1) is 0 Å². The second-order valence-corrected chi connectivity index (χ2v) is 6.19. The third kappa shape index (κ3) is 3.35. The summed E-state index contributed by atoms with van der Waals surface area (Å²) in [6.45, 7) is 11.5. The van der Waals surface area contributed by atoms with Crippen molar-refractivity contribution < 1.29 is 9.84 Å². The molecule has 2 rings (SSSR count). The average molecular weight is 263 g/mol. The largest absolute Gasteiger partial charge is 0.387 e. The normalized spacial score (nSPS) is 21.3. The van der Waals surface area contributed by atoms with Crippen molar-refractivity contribution in [2.45, 2.75) is 39.3 Å². The number of hydrogen-bond acceptors (Lipinski definition) is 3. The van der Waals surface area contributed by atoms with Crippen molar-refractivity contribution in [2.75, 3.05) is 26.3 Å². The molecule has 1 aromatic rings. The Bertz CT molecular complexity index is 442. The monoisotopic (exact) mass is 263 g/mol. The van der Waals surface area contributed by atoms with E-state index in [-0.39, 0.29) is 5.54 Å². The molecular weight excluding hydrogens is 238 g/mol. The van der Waals surface area contributed by atoms with Crippen LogP contribution >= 0.6 is 0 Å². The molecule has 1 unspecified atom stereocenters. The maximum Gasteiger partial charge on any atom is 0.0919 e. The number of morpholine rings is 1. The summed E-state index contributed by atoms with van der Waals surface area (Å²) in [5, 5.41) is 10.5. The number of aryl methyl sites for hydroxylation is 2. The lowest BCUT2D eigenvalue weighted by atomic mass is 9.97. The van der Waals surface area contributed by atoms with Gasteiger partial charge in [-0.2, -0.15) is 0 Å². The van der Waals surface area contributed by atoms with Crippen molar-refractivity contribution >= 4 is 0 Å². The Morgan fingerprint density at radius 2 is 2.11 bits per heavy atom. The van der Waals surface area contributed by atoms with Gasteiger partial charge in [0.1, 0.15) is 0 Å². The molecule has 1 aromatic carbocycles. The van der Waals surface area contributed by atoms with Gasteiger partial charge in [-0.25, -0.2) is 0 Å². The molecule has 0 aliphatic carbocycles. The lowest BCUT2D eigenvalue weighted by molar-refractivity contribution is -0.0668. The van der Waals surface area contributed by atoms with Crippen molar-refractivity contribution in [3.63, 3.8) is 0 Å². The molecule has 1 fully saturated rings. The summed E-state index contributed by atoms with van der Waals surface area (Å²) in [5.41, 5.74) is 3.39. The third-order valence-corrected chi connectivity index (χ3v) is 4.00. The van der Waals surface area contributed by atoms with Crippen LogP contribution in [0.5, 0.6) is 0 Å². The van der Waals surface area contributed by atoms with Crippen molar-refractivity contribution in [1.29, 1.82) is 0 Å². The molecule has 1 N–H and O–H groups in total. The predicted octanol–water partition coefficient (Wildman–Crippen LogP) is 2.45. The minimum absolute atomic E-state index is 0.00302. The van der Waals surface area contributed by atoms with Crippen molar-refractivity contribution in [2.24, 2.45) is 0 Å². The summed E-state index contributed by atoms with van der Waals surface area (Å²) in [4.78, 5) is 2.32. The van der Waals surface area contributed by atoms with Crippen LogP contribution in [0.15, 0.2) is 18.2 Å². The molecule has 1 saturated heterocycles. The molecule has 0 bridgehead atoms. The summed E-state index contributed by atoms with van der Waals surface area (Å²) in [6.07, 6.45) is -0.433. The van der Waals surface area contributed by atoms with Crippen molar-refractivity contribution in [3.8, 4) is 0 Å². The van der Waals surface area contributed by atoms with Gasteiger partial charge in [0.25, 0.3) is 0 Å². The Balaban J connectivity index is 2.12. The van der Waals surface area contributed by atoms with E-state index in [1.165, 1.54) is 5.56 Å². The van der Waals surface area contributed by atoms with Crippen LogP contribution in [0.4, 0.5) is 0 Å². The summed E-state index contributed by atoms with van der Waals surface area (Å²) >= 11 is 0. The number of ether oxygens (including phenoxy) is 1. The molecular formula is C16H25NO2. The van der Waals surface area contributed by atoms with Crippen LogP contribution in [0.25, 0.3) is 0 Å². The topological polar surface area (TPSA) is 32.7 Å². The van der Waals surface area contributed by atoms with E-state index in [9.17, 15) is 5.11 Å². The minimum Gasteiger partial charge on any atom is -0.387 e. The molecule has 3 heteroatoms. The molecule has 0 spiro atoms. The highest BCUT2D eigenvalue weighted by molar-refractivity contribution is 5.32. The molecule has 1 heterocycles. The molecule has 1 atom stereocenters. The van der Waals surface area contributed by atoms with Gasteiger partial charge in [0, 0.05) is 18.6 Å². The summed E-state index contributed by atoms with van der Waals surface area (Å²) in [6, 6.07) is 6.26.